The maximum atomic E-state index is 9.11. The van der Waals surface area contributed by atoms with Crippen molar-refractivity contribution in [3.8, 4) is 0 Å². The molecule has 0 aliphatic rings. The average Bonchev–Trinajstić information content (AvgIpc) is 2.01. The van der Waals surface area contributed by atoms with Gasteiger partial charge in [-0.2, -0.15) is 0 Å². The van der Waals surface area contributed by atoms with Crippen LogP contribution in [0.25, 0.3) is 0 Å². The van der Waals surface area contributed by atoms with E-state index in [9.17, 15) is 0 Å². The molecule has 3 nitrogen and oxygen atoms in total. The van der Waals surface area contributed by atoms with E-state index in [4.69, 9.17) is 15.6 Å². The molecule has 0 amide bonds. The Hall–Kier alpha value is -0.120. The zero-order valence-corrected chi connectivity index (χ0v) is 9.05. The molecule has 80 valence electrons. The SMILES string of the molecule is CC(C)(C)CCOCCC(O)CN. The molecule has 0 aromatic carbocycles. The zero-order valence-electron chi connectivity index (χ0n) is 9.05. The molecule has 0 spiro atoms. The Balaban J connectivity index is 3.18. The number of aliphatic hydroxyl groups is 1. The summed E-state index contributed by atoms with van der Waals surface area (Å²) in [4.78, 5) is 0. The van der Waals surface area contributed by atoms with Crippen LogP contribution in [0.3, 0.4) is 0 Å². The Morgan fingerprint density at radius 2 is 1.92 bits per heavy atom. The Kier molecular flexibility index (Phi) is 6.29. The molecule has 0 saturated heterocycles. The maximum Gasteiger partial charge on any atom is 0.0684 e. The molecule has 0 saturated carbocycles. The van der Waals surface area contributed by atoms with E-state index in [0.717, 1.165) is 13.0 Å². The van der Waals surface area contributed by atoms with Gasteiger partial charge in [0.25, 0.3) is 0 Å². The molecule has 0 aromatic rings. The second kappa shape index (κ2) is 6.35. The number of hydrogen-bond acceptors (Lipinski definition) is 3. The van der Waals surface area contributed by atoms with E-state index < -0.39 is 6.10 Å². The number of nitrogens with two attached hydrogens (primary N) is 1. The summed E-state index contributed by atoms with van der Waals surface area (Å²) < 4.78 is 5.37. The smallest absolute Gasteiger partial charge is 0.0684 e. The van der Waals surface area contributed by atoms with Gasteiger partial charge in [-0.1, -0.05) is 20.8 Å². The minimum atomic E-state index is -0.408. The fourth-order valence-corrected chi connectivity index (χ4v) is 0.818. The molecular weight excluding hydrogens is 166 g/mol. The molecule has 1 atom stereocenters. The quantitative estimate of drug-likeness (QED) is 0.616. The molecule has 0 fully saturated rings. The molecular formula is C10H23NO2. The fraction of sp³-hybridized carbons (Fsp3) is 1.00. The van der Waals surface area contributed by atoms with Crippen molar-refractivity contribution in [2.45, 2.75) is 39.7 Å². The van der Waals surface area contributed by atoms with E-state index in [1.165, 1.54) is 0 Å². The minimum Gasteiger partial charge on any atom is -0.392 e. The predicted octanol–water partition coefficient (Wildman–Crippen LogP) is 1.15. The van der Waals surface area contributed by atoms with Gasteiger partial charge >= 0.3 is 0 Å². The summed E-state index contributed by atoms with van der Waals surface area (Å²) in [7, 11) is 0. The van der Waals surface area contributed by atoms with Gasteiger partial charge in [0.2, 0.25) is 0 Å². The van der Waals surface area contributed by atoms with Crippen LogP contribution in [-0.4, -0.2) is 31.0 Å². The molecule has 1 unspecified atom stereocenters. The molecule has 0 radical (unpaired) electrons. The van der Waals surface area contributed by atoms with Gasteiger partial charge in [0.05, 0.1) is 6.10 Å². The molecule has 0 rings (SSSR count). The van der Waals surface area contributed by atoms with E-state index in [1.54, 1.807) is 0 Å². The summed E-state index contributed by atoms with van der Waals surface area (Å²) in [5.41, 5.74) is 5.58. The van der Waals surface area contributed by atoms with Crippen molar-refractivity contribution in [3.63, 3.8) is 0 Å². The zero-order chi connectivity index (χ0) is 10.3. The lowest BCUT2D eigenvalue weighted by Crippen LogP contribution is -2.21. The molecule has 3 heteroatoms. The molecule has 0 aromatic heterocycles. The highest BCUT2D eigenvalue weighted by molar-refractivity contribution is 4.60. The lowest BCUT2D eigenvalue weighted by Gasteiger charge is -2.17. The summed E-state index contributed by atoms with van der Waals surface area (Å²) in [5.74, 6) is 0. The summed E-state index contributed by atoms with van der Waals surface area (Å²) in [5, 5.41) is 9.11. The van der Waals surface area contributed by atoms with E-state index in [0.29, 0.717) is 25.0 Å². The predicted molar refractivity (Wildman–Crippen MR) is 54.6 cm³/mol. The second-order valence-corrected chi connectivity index (χ2v) is 4.60. The first-order valence-corrected chi connectivity index (χ1v) is 4.91. The Morgan fingerprint density at radius 3 is 2.38 bits per heavy atom. The number of aliphatic hydroxyl groups excluding tert-OH is 1. The van der Waals surface area contributed by atoms with Crippen molar-refractivity contribution >= 4 is 0 Å². The van der Waals surface area contributed by atoms with E-state index in [2.05, 4.69) is 20.8 Å². The molecule has 0 bridgehead atoms. The van der Waals surface area contributed by atoms with E-state index in [-0.39, 0.29) is 0 Å². The summed E-state index contributed by atoms with van der Waals surface area (Å²) in [6.07, 6.45) is 1.28. The second-order valence-electron chi connectivity index (χ2n) is 4.60. The van der Waals surface area contributed by atoms with Crippen molar-refractivity contribution in [1.82, 2.24) is 0 Å². The first-order valence-electron chi connectivity index (χ1n) is 4.91. The lowest BCUT2D eigenvalue weighted by atomic mass is 9.93. The third-order valence-electron chi connectivity index (χ3n) is 1.86. The van der Waals surface area contributed by atoms with Gasteiger partial charge in [-0.15, -0.1) is 0 Å². The summed E-state index contributed by atoms with van der Waals surface area (Å²) in [6.45, 7) is 8.25. The topological polar surface area (TPSA) is 55.5 Å². The van der Waals surface area contributed by atoms with Crippen molar-refractivity contribution < 1.29 is 9.84 Å². The normalized spacial score (nSPS) is 14.5. The summed E-state index contributed by atoms with van der Waals surface area (Å²) >= 11 is 0. The van der Waals surface area contributed by atoms with Gasteiger partial charge in [0.15, 0.2) is 0 Å². The van der Waals surface area contributed by atoms with Crippen LogP contribution < -0.4 is 5.73 Å². The van der Waals surface area contributed by atoms with Gasteiger partial charge in [-0.3, -0.25) is 0 Å². The monoisotopic (exact) mass is 189 g/mol. The number of rotatable bonds is 6. The van der Waals surface area contributed by atoms with Gasteiger partial charge in [-0.05, 0) is 18.3 Å². The van der Waals surface area contributed by atoms with Gasteiger partial charge < -0.3 is 15.6 Å². The molecule has 3 N–H and O–H groups in total. The van der Waals surface area contributed by atoms with Crippen molar-refractivity contribution in [3.05, 3.63) is 0 Å². The van der Waals surface area contributed by atoms with Crippen molar-refractivity contribution in [2.75, 3.05) is 19.8 Å². The maximum absolute atomic E-state index is 9.11. The van der Waals surface area contributed by atoms with E-state index in [1.807, 2.05) is 0 Å². The summed E-state index contributed by atoms with van der Waals surface area (Å²) in [6, 6.07) is 0. The van der Waals surface area contributed by atoms with Crippen LogP contribution in [0.4, 0.5) is 0 Å². The fourth-order valence-electron chi connectivity index (χ4n) is 0.818. The Labute approximate surface area is 81.3 Å². The largest absolute Gasteiger partial charge is 0.392 e. The van der Waals surface area contributed by atoms with Crippen molar-refractivity contribution in [2.24, 2.45) is 11.1 Å². The van der Waals surface area contributed by atoms with Gasteiger partial charge in [-0.25, -0.2) is 0 Å². The molecule has 0 aliphatic heterocycles. The molecule has 0 heterocycles. The first kappa shape index (κ1) is 12.9. The average molecular weight is 189 g/mol. The number of hydrogen-bond donors (Lipinski definition) is 2. The first-order chi connectivity index (χ1) is 5.95. The van der Waals surface area contributed by atoms with Crippen LogP contribution >= 0.6 is 0 Å². The van der Waals surface area contributed by atoms with E-state index >= 15 is 0 Å². The van der Waals surface area contributed by atoms with Crippen molar-refractivity contribution in [1.29, 1.82) is 0 Å². The highest BCUT2D eigenvalue weighted by Gasteiger charge is 2.09. The van der Waals surface area contributed by atoms with Crippen LogP contribution in [0, 0.1) is 5.41 Å². The Bertz CT molecular complexity index is 121. The molecule has 13 heavy (non-hydrogen) atoms. The third kappa shape index (κ3) is 9.80. The Morgan fingerprint density at radius 1 is 1.31 bits per heavy atom. The van der Waals surface area contributed by atoms with Crippen LogP contribution in [-0.2, 0) is 4.74 Å². The van der Waals surface area contributed by atoms with Crippen LogP contribution in [0.15, 0.2) is 0 Å². The van der Waals surface area contributed by atoms with Crippen LogP contribution in [0.2, 0.25) is 0 Å². The lowest BCUT2D eigenvalue weighted by molar-refractivity contribution is 0.0720. The van der Waals surface area contributed by atoms with Crippen LogP contribution in [0.1, 0.15) is 33.6 Å². The molecule has 0 aliphatic carbocycles. The third-order valence-corrected chi connectivity index (χ3v) is 1.86. The highest BCUT2D eigenvalue weighted by atomic mass is 16.5. The van der Waals surface area contributed by atoms with Crippen LogP contribution in [0.5, 0.6) is 0 Å². The van der Waals surface area contributed by atoms with Gasteiger partial charge in [0.1, 0.15) is 0 Å². The minimum absolute atomic E-state index is 0.322. The standard InChI is InChI=1S/C10H23NO2/c1-10(2,3)5-7-13-6-4-9(12)8-11/h9,12H,4-8,11H2,1-3H3. The number of ether oxygens (including phenoxy) is 1. The van der Waals surface area contributed by atoms with Gasteiger partial charge in [0, 0.05) is 19.8 Å². The highest BCUT2D eigenvalue weighted by Crippen LogP contribution is 2.17.